The lowest BCUT2D eigenvalue weighted by Gasteiger charge is -2.17. The van der Waals surface area contributed by atoms with Crippen LogP contribution in [0.5, 0.6) is 0 Å². The Balaban J connectivity index is 1.50. The Labute approximate surface area is 145 Å². The first-order valence-electron chi connectivity index (χ1n) is 8.24. The first kappa shape index (κ1) is 15.6. The molecule has 1 amide bonds. The van der Waals surface area contributed by atoms with Gasteiger partial charge in [0.05, 0.1) is 38.1 Å². The number of amides is 1. The molecule has 0 saturated heterocycles. The Morgan fingerprint density at radius 2 is 2.12 bits per heavy atom. The van der Waals surface area contributed by atoms with Gasteiger partial charge in [0.15, 0.2) is 0 Å². The third-order valence-corrected chi connectivity index (χ3v) is 4.41. The Morgan fingerprint density at radius 1 is 1.20 bits per heavy atom. The largest absolute Gasteiger partial charge is 0.394 e. The number of aliphatic hydroxyl groups is 1. The summed E-state index contributed by atoms with van der Waals surface area (Å²) >= 11 is 0. The van der Waals surface area contributed by atoms with E-state index in [0.29, 0.717) is 31.7 Å². The number of fused-ring (bicyclic) bond motifs is 1. The van der Waals surface area contributed by atoms with Gasteiger partial charge < -0.3 is 10.0 Å². The number of aliphatic hydroxyl groups excluding tert-OH is 1. The Hall–Kier alpha value is -2.93. The molecule has 2 aromatic heterocycles. The SMILES string of the molecule is O=C(c1cccc(Cn2cccn2)c1)N1Cc2cnn(CCO)c2C1. The minimum absolute atomic E-state index is 0.00839. The van der Waals surface area contributed by atoms with Crippen LogP contribution in [0.3, 0.4) is 0 Å². The number of aromatic nitrogens is 4. The van der Waals surface area contributed by atoms with E-state index < -0.39 is 0 Å². The summed E-state index contributed by atoms with van der Waals surface area (Å²) in [6.45, 7) is 2.22. The average molecular weight is 337 g/mol. The molecule has 0 radical (unpaired) electrons. The van der Waals surface area contributed by atoms with E-state index in [0.717, 1.165) is 16.8 Å². The standard InChI is InChI=1S/C18H19N5O2/c24-8-7-23-17-13-21(12-16(17)10-20-23)18(25)15-4-1-3-14(9-15)11-22-6-2-5-19-22/h1-6,9-10,24H,7-8,11-13H2. The molecule has 0 fully saturated rings. The van der Waals surface area contributed by atoms with Gasteiger partial charge in [-0.05, 0) is 23.8 Å². The molecule has 7 nitrogen and oxygen atoms in total. The van der Waals surface area contributed by atoms with Crippen molar-refractivity contribution < 1.29 is 9.90 Å². The second kappa shape index (κ2) is 6.52. The summed E-state index contributed by atoms with van der Waals surface area (Å²) in [5.74, 6) is 0.00839. The quantitative estimate of drug-likeness (QED) is 0.761. The lowest BCUT2D eigenvalue weighted by atomic mass is 10.1. The Morgan fingerprint density at radius 3 is 2.92 bits per heavy atom. The summed E-state index contributed by atoms with van der Waals surface area (Å²) < 4.78 is 3.61. The van der Waals surface area contributed by atoms with E-state index in [2.05, 4.69) is 10.2 Å². The summed E-state index contributed by atoms with van der Waals surface area (Å²) in [5, 5.41) is 17.6. The van der Waals surface area contributed by atoms with Gasteiger partial charge in [-0.15, -0.1) is 0 Å². The molecule has 0 saturated carbocycles. The van der Waals surface area contributed by atoms with E-state index in [9.17, 15) is 4.79 Å². The molecule has 0 spiro atoms. The van der Waals surface area contributed by atoms with Crippen molar-refractivity contribution in [1.82, 2.24) is 24.5 Å². The predicted octanol–water partition coefficient (Wildman–Crippen LogP) is 1.28. The maximum absolute atomic E-state index is 12.9. The number of carbonyl (C=O) groups excluding carboxylic acids is 1. The average Bonchev–Trinajstić information content (AvgIpc) is 3.33. The molecule has 0 bridgehead atoms. The fraction of sp³-hybridized carbons (Fsp3) is 0.278. The third-order valence-electron chi connectivity index (χ3n) is 4.41. The van der Waals surface area contributed by atoms with Crippen molar-refractivity contribution in [2.24, 2.45) is 0 Å². The number of hydrogen-bond donors (Lipinski definition) is 1. The van der Waals surface area contributed by atoms with Crippen LogP contribution in [0.4, 0.5) is 0 Å². The maximum Gasteiger partial charge on any atom is 0.254 e. The van der Waals surface area contributed by atoms with Gasteiger partial charge in [-0.1, -0.05) is 12.1 Å². The van der Waals surface area contributed by atoms with E-state index >= 15 is 0 Å². The van der Waals surface area contributed by atoms with Crippen molar-refractivity contribution in [3.63, 3.8) is 0 Å². The van der Waals surface area contributed by atoms with Crippen LogP contribution in [0, 0.1) is 0 Å². The highest BCUT2D eigenvalue weighted by Gasteiger charge is 2.27. The van der Waals surface area contributed by atoms with Crippen molar-refractivity contribution in [3.05, 3.63) is 71.3 Å². The highest BCUT2D eigenvalue weighted by atomic mass is 16.3. The van der Waals surface area contributed by atoms with Gasteiger partial charge in [0.2, 0.25) is 0 Å². The lowest BCUT2D eigenvalue weighted by Crippen LogP contribution is -2.26. The zero-order valence-electron chi connectivity index (χ0n) is 13.7. The minimum Gasteiger partial charge on any atom is -0.394 e. The summed E-state index contributed by atoms with van der Waals surface area (Å²) in [4.78, 5) is 14.7. The maximum atomic E-state index is 12.9. The van der Waals surface area contributed by atoms with Crippen molar-refractivity contribution in [3.8, 4) is 0 Å². The molecule has 7 heteroatoms. The van der Waals surface area contributed by atoms with E-state index in [-0.39, 0.29) is 12.5 Å². The number of hydrogen-bond acceptors (Lipinski definition) is 4. The first-order valence-corrected chi connectivity index (χ1v) is 8.24. The molecule has 4 rings (SSSR count). The van der Waals surface area contributed by atoms with Crippen LogP contribution in [-0.2, 0) is 26.2 Å². The number of benzene rings is 1. The van der Waals surface area contributed by atoms with Crippen molar-refractivity contribution in [1.29, 1.82) is 0 Å². The van der Waals surface area contributed by atoms with Crippen LogP contribution in [0.25, 0.3) is 0 Å². The van der Waals surface area contributed by atoms with Crippen LogP contribution in [0.2, 0.25) is 0 Å². The van der Waals surface area contributed by atoms with Crippen molar-refractivity contribution >= 4 is 5.91 Å². The highest BCUT2D eigenvalue weighted by Crippen LogP contribution is 2.24. The topological polar surface area (TPSA) is 76.2 Å². The van der Waals surface area contributed by atoms with E-state index in [1.165, 1.54) is 0 Å². The fourth-order valence-corrected chi connectivity index (χ4v) is 3.20. The molecule has 0 aliphatic carbocycles. The van der Waals surface area contributed by atoms with Gasteiger partial charge in [0.25, 0.3) is 5.91 Å². The van der Waals surface area contributed by atoms with E-state index in [1.54, 1.807) is 17.1 Å². The van der Waals surface area contributed by atoms with Crippen LogP contribution >= 0.6 is 0 Å². The molecular formula is C18H19N5O2. The zero-order chi connectivity index (χ0) is 17.2. The first-order chi connectivity index (χ1) is 12.2. The molecule has 3 aromatic rings. The smallest absolute Gasteiger partial charge is 0.254 e. The molecule has 1 N–H and O–H groups in total. The molecule has 1 aliphatic rings. The van der Waals surface area contributed by atoms with Gasteiger partial charge in [-0.25, -0.2) is 0 Å². The van der Waals surface area contributed by atoms with E-state index in [1.807, 2.05) is 46.1 Å². The normalized spacial score (nSPS) is 13.2. The third kappa shape index (κ3) is 3.06. The molecule has 25 heavy (non-hydrogen) atoms. The summed E-state index contributed by atoms with van der Waals surface area (Å²) in [5.41, 5.74) is 3.78. The van der Waals surface area contributed by atoms with Gasteiger partial charge in [-0.3, -0.25) is 14.2 Å². The van der Waals surface area contributed by atoms with Crippen LogP contribution in [0.1, 0.15) is 27.2 Å². The van der Waals surface area contributed by atoms with Gasteiger partial charge in [0.1, 0.15) is 0 Å². The van der Waals surface area contributed by atoms with Gasteiger partial charge in [-0.2, -0.15) is 10.2 Å². The van der Waals surface area contributed by atoms with Gasteiger partial charge >= 0.3 is 0 Å². The number of nitrogens with zero attached hydrogens (tertiary/aromatic N) is 5. The summed E-state index contributed by atoms with van der Waals surface area (Å²) in [6, 6.07) is 9.55. The fourth-order valence-electron chi connectivity index (χ4n) is 3.20. The monoisotopic (exact) mass is 337 g/mol. The molecular weight excluding hydrogens is 318 g/mol. The molecule has 0 atom stereocenters. The summed E-state index contributed by atoms with van der Waals surface area (Å²) in [6.07, 6.45) is 5.43. The van der Waals surface area contributed by atoms with Crippen LogP contribution < -0.4 is 0 Å². The second-order valence-electron chi connectivity index (χ2n) is 6.13. The molecule has 1 aliphatic heterocycles. The van der Waals surface area contributed by atoms with Crippen molar-refractivity contribution in [2.45, 2.75) is 26.2 Å². The molecule has 1 aromatic carbocycles. The van der Waals surface area contributed by atoms with Gasteiger partial charge in [0, 0.05) is 30.1 Å². The highest BCUT2D eigenvalue weighted by molar-refractivity contribution is 5.94. The molecule has 128 valence electrons. The molecule has 0 unspecified atom stereocenters. The lowest BCUT2D eigenvalue weighted by molar-refractivity contribution is 0.0747. The Kier molecular flexibility index (Phi) is 4.07. The zero-order valence-corrected chi connectivity index (χ0v) is 13.7. The van der Waals surface area contributed by atoms with Crippen molar-refractivity contribution in [2.75, 3.05) is 6.61 Å². The van der Waals surface area contributed by atoms with Crippen LogP contribution in [-0.4, -0.2) is 42.1 Å². The number of rotatable bonds is 5. The molecule has 3 heterocycles. The second-order valence-corrected chi connectivity index (χ2v) is 6.13. The van der Waals surface area contributed by atoms with Crippen LogP contribution in [0.15, 0.2) is 48.9 Å². The number of carbonyl (C=O) groups is 1. The van der Waals surface area contributed by atoms with E-state index in [4.69, 9.17) is 5.11 Å². The minimum atomic E-state index is 0.00839. The predicted molar refractivity (Wildman–Crippen MR) is 90.7 cm³/mol. The summed E-state index contributed by atoms with van der Waals surface area (Å²) in [7, 11) is 0. The Bertz CT molecular complexity index is 885.